The molecule has 0 aliphatic carbocycles. The Balaban J connectivity index is 2.10. The van der Waals surface area contributed by atoms with Gasteiger partial charge in [0.1, 0.15) is 13.2 Å². The minimum Gasteiger partial charge on any atom is -0.340 e. The van der Waals surface area contributed by atoms with E-state index in [4.69, 9.17) is 4.74 Å². The van der Waals surface area contributed by atoms with E-state index in [1.807, 2.05) is 0 Å². The molecule has 1 aliphatic heterocycles. The number of quaternary nitrogens is 1. The highest BCUT2D eigenvalue weighted by Gasteiger charge is 2.09. The Hall–Kier alpha value is 0.0900. The van der Waals surface area contributed by atoms with Gasteiger partial charge < -0.3 is 9.22 Å². The molecular formula is C9H19NOP+. The van der Waals surface area contributed by atoms with E-state index >= 15 is 0 Å². The van der Waals surface area contributed by atoms with E-state index < -0.39 is 0 Å². The van der Waals surface area contributed by atoms with E-state index in [0.29, 0.717) is 0 Å². The summed E-state index contributed by atoms with van der Waals surface area (Å²) in [5.41, 5.74) is 1.31. The van der Waals surface area contributed by atoms with Crippen LogP contribution in [0.25, 0.3) is 0 Å². The highest BCUT2D eigenvalue weighted by molar-refractivity contribution is 7.40. The standard InChI is InChI=1S/C9H19NOP/c1-10(2,3)6-7-11-9-5-4-8-12-9/h4-8H2,1-3H3/q+1. The SMILES string of the molecule is C[N+](C)(C)CCOC1=PCCC1. The van der Waals surface area contributed by atoms with Crippen molar-refractivity contribution in [3.05, 3.63) is 0 Å². The minimum atomic E-state index is 0.881. The molecule has 0 saturated carbocycles. The molecule has 0 aromatic carbocycles. The average molecular weight is 188 g/mol. The Morgan fingerprint density at radius 1 is 1.42 bits per heavy atom. The first-order valence-corrected chi connectivity index (χ1v) is 5.62. The fourth-order valence-electron chi connectivity index (χ4n) is 1.07. The molecule has 0 aromatic rings. The molecule has 0 fully saturated rings. The summed E-state index contributed by atoms with van der Waals surface area (Å²) in [6.07, 6.45) is 3.82. The highest BCUT2D eigenvalue weighted by Crippen LogP contribution is 2.17. The molecule has 2 nitrogen and oxygen atoms in total. The third-order valence-corrected chi connectivity index (χ3v) is 3.11. The Bertz CT molecular complexity index is 172. The highest BCUT2D eigenvalue weighted by atomic mass is 31.1. The zero-order valence-electron chi connectivity index (χ0n) is 8.34. The van der Waals surface area contributed by atoms with Crippen LogP contribution in [0.5, 0.6) is 0 Å². The van der Waals surface area contributed by atoms with E-state index in [2.05, 4.69) is 21.1 Å². The quantitative estimate of drug-likeness (QED) is 0.481. The predicted molar refractivity (Wildman–Crippen MR) is 54.9 cm³/mol. The summed E-state index contributed by atoms with van der Waals surface area (Å²) < 4.78 is 6.66. The second-order valence-electron chi connectivity index (χ2n) is 4.24. The number of ether oxygens (including phenoxy) is 1. The van der Waals surface area contributed by atoms with Gasteiger partial charge in [0.25, 0.3) is 0 Å². The van der Waals surface area contributed by atoms with Gasteiger partial charge in [-0.1, -0.05) is 8.20 Å². The molecule has 0 radical (unpaired) electrons. The summed E-state index contributed by atoms with van der Waals surface area (Å²) in [6.45, 7) is 1.98. The molecule has 1 rings (SSSR count). The van der Waals surface area contributed by atoms with Crippen molar-refractivity contribution in [2.24, 2.45) is 0 Å². The van der Waals surface area contributed by atoms with Crippen LogP contribution in [0.3, 0.4) is 0 Å². The van der Waals surface area contributed by atoms with Crippen LogP contribution in [0.15, 0.2) is 0 Å². The first-order valence-electron chi connectivity index (χ1n) is 4.54. The summed E-state index contributed by atoms with van der Waals surface area (Å²) >= 11 is 0. The zero-order chi connectivity index (χ0) is 9.03. The maximum absolute atomic E-state index is 5.67. The van der Waals surface area contributed by atoms with Gasteiger partial charge in [-0.05, 0) is 19.0 Å². The fourth-order valence-corrected chi connectivity index (χ4v) is 2.13. The number of rotatable bonds is 4. The Morgan fingerprint density at radius 2 is 2.17 bits per heavy atom. The van der Waals surface area contributed by atoms with Crippen LogP contribution in [-0.2, 0) is 4.74 Å². The van der Waals surface area contributed by atoms with Gasteiger partial charge in [0.15, 0.2) is 0 Å². The molecule has 1 aliphatic rings. The first-order chi connectivity index (χ1) is 5.58. The number of likely N-dealkylation sites (N-methyl/N-ethyl adjacent to an activating group) is 1. The zero-order valence-corrected chi connectivity index (χ0v) is 9.23. The fraction of sp³-hybridized carbons (Fsp3) is 0.889. The molecule has 1 heterocycles. The van der Waals surface area contributed by atoms with Crippen LogP contribution < -0.4 is 0 Å². The van der Waals surface area contributed by atoms with Gasteiger partial charge in [-0.25, -0.2) is 0 Å². The van der Waals surface area contributed by atoms with E-state index in [9.17, 15) is 0 Å². The second kappa shape index (κ2) is 4.36. The Kier molecular flexibility index (Phi) is 3.70. The summed E-state index contributed by atoms with van der Waals surface area (Å²) in [6, 6.07) is 0. The number of hydrogen-bond donors (Lipinski definition) is 0. The topological polar surface area (TPSA) is 9.23 Å². The summed E-state index contributed by atoms with van der Waals surface area (Å²) in [7, 11) is 8.01. The molecule has 0 atom stereocenters. The molecule has 0 unspecified atom stereocenters. The van der Waals surface area contributed by atoms with Crippen molar-refractivity contribution in [1.82, 2.24) is 0 Å². The van der Waals surface area contributed by atoms with Gasteiger partial charge in [-0.15, -0.1) is 0 Å². The third-order valence-electron chi connectivity index (χ3n) is 1.87. The maximum Gasteiger partial charge on any atom is 0.102 e. The third kappa shape index (κ3) is 4.20. The molecule has 12 heavy (non-hydrogen) atoms. The maximum atomic E-state index is 5.67. The lowest BCUT2D eigenvalue weighted by atomic mass is 10.4. The van der Waals surface area contributed by atoms with Crippen LogP contribution in [0, 0.1) is 0 Å². The van der Waals surface area contributed by atoms with E-state index in [0.717, 1.165) is 17.6 Å². The molecule has 0 spiro atoms. The van der Waals surface area contributed by atoms with Crippen LogP contribution >= 0.6 is 8.20 Å². The first kappa shape index (κ1) is 10.2. The van der Waals surface area contributed by atoms with Crippen LogP contribution in [0.1, 0.15) is 12.8 Å². The predicted octanol–water partition coefficient (Wildman–Crippen LogP) is 1.58. The molecule has 0 amide bonds. The van der Waals surface area contributed by atoms with Crippen molar-refractivity contribution in [1.29, 1.82) is 0 Å². The summed E-state index contributed by atoms with van der Waals surface area (Å²) in [5.74, 6) is 0. The lowest BCUT2D eigenvalue weighted by Crippen LogP contribution is -2.37. The second-order valence-corrected chi connectivity index (χ2v) is 5.50. The van der Waals surface area contributed by atoms with Crippen molar-refractivity contribution in [2.75, 3.05) is 40.5 Å². The van der Waals surface area contributed by atoms with E-state index in [-0.39, 0.29) is 0 Å². The minimum absolute atomic E-state index is 0.881. The van der Waals surface area contributed by atoms with Crippen molar-refractivity contribution < 1.29 is 9.22 Å². The van der Waals surface area contributed by atoms with Gasteiger partial charge in [-0.3, -0.25) is 0 Å². The smallest absolute Gasteiger partial charge is 0.102 e. The normalized spacial score (nSPS) is 19.4. The largest absolute Gasteiger partial charge is 0.340 e. The van der Waals surface area contributed by atoms with E-state index in [1.54, 1.807) is 0 Å². The molecule has 0 aromatic heterocycles. The van der Waals surface area contributed by atoms with Crippen LogP contribution in [0.2, 0.25) is 0 Å². The van der Waals surface area contributed by atoms with E-state index in [1.165, 1.54) is 32.7 Å². The lowest BCUT2D eigenvalue weighted by Gasteiger charge is -2.23. The van der Waals surface area contributed by atoms with Crippen molar-refractivity contribution >= 4 is 13.7 Å². The van der Waals surface area contributed by atoms with Crippen LogP contribution in [-0.4, -0.2) is 50.4 Å². The summed E-state index contributed by atoms with van der Waals surface area (Å²) in [4.78, 5) is 0. The molecular weight excluding hydrogens is 169 g/mol. The molecule has 0 saturated heterocycles. The van der Waals surface area contributed by atoms with Gasteiger partial charge >= 0.3 is 0 Å². The lowest BCUT2D eigenvalue weighted by molar-refractivity contribution is -0.870. The van der Waals surface area contributed by atoms with Gasteiger partial charge in [0.05, 0.1) is 26.6 Å². The monoisotopic (exact) mass is 188 g/mol. The molecule has 0 bridgehead atoms. The van der Waals surface area contributed by atoms with Gasteiger partial charge in [0, 0.05) is 0 Å². The molecule has 70 valence electrons. The average Bonchev–Trinajstić information content (AvgIpc) is 2.36. The summed E-state index contributed by atoms with van der Waals surface area (Å²) in [5, 5.41) is 0. The Labute approximate surface area is 76.9 Å². The number of nitrogens with zero attached hydrogens (tertiary/aromatic N) is 1. The van der Waals surface area contributed by atoms with Gasteiger partial charge in [-0.2, -0.15) is 0 Å². The van der Waals surface area contributed by atoms with Gasteiger partial charge in [0.2, 0.25) is 0 Å². The Morgan fingerprint density at radius 3 is 2.67 bits per heavy atom. The van der Waals surface area contributed by atoms with Crippen molar-refractivity contribution in [3.63, 3.8) is 0 Å². The van der Waals surface area contributed by atoms with Crippen LogP contribution in [0.4, 0.5) is 0 Å². The van der Waals surface area contributed by atoms with Crippen molar-refractivity contribution in [3.8, 4) is 0 Å². The molecule has 3 heteroatoms. The van der Waals surface area contributed by atoms with Crippen molar-refractivity contribution in [2.45, 2.75) is 12.8 Å². The molecule has 0 N–H and O–H groups in total. The number of hydrogen-bond acceptors (Lipinski definition) is 1.